The first-order valence-electron chi connectivity index (χ1n) is 5.85. The fraction of sp³-hybridized carbons (Fsp3) is 0.385. The molecule has 1 aromatic carbocycles. The van der Waals surface area contributed by atoms with Crippen LogP contribution in [0.25, 0.3) is 11.4 Å². The van der Waals surface area contributed by atoms with E-state index in [4.69, 9.17) is 4.74 Å². The van der Waals surface area contributed by atoms with Crippen molar-refractivity contribution in [2.75, 3.05) is 12.4 Å². The molecular weight excluding hydrogens is 246 g/mol. The Bertz CT molecular complexity index is 537. The Balaban J connectivity index is 2.33. The van der Waals surface area contributed by atoms with E-state index >= 15 is 0 Å². The SMILES string of the molecule is COc1cc(C)ccc1-c1nsc(NC(C)C)n1. The molecule has 0 saturated carbocycles. The zero-order valence-electron chi connectivity index (χ0n) is 11.0. The second-order valence-electron chi connectivity index (χ2n) is 4.43. The summed E-state index contributed by atoms with van der Waals surface area (Å²) in [5, 5.41) is 4.08. The third-order valence-electron chi connectivity index (χ3n) is 2.44. The number of anilines is 1. The van der Waals surface area contributed by atoms with Crippen LogP contribution < -0.4 is 10.1 Å². The Hall–Kier alpha value is -1.62. The van der Waals surface area contributed by atoms with E-state index in [1.54, 1.807) is 7.11 Å². The summed E-state index contributed by atoms with van der Waals surface area (Å²) in [5.74, 6) is 1.52. The number of rotatable bonds is 4. The molecule has 1 aromatic heterocycles. The van der Waals surface area contributed by atoms with Gasteiger partial charge in [0.2, 0.25) is 5.13 Å². The molecule has 0 aliphatic rings. The molecule has 0 spiro atoms. The van der Waals surface area contributed by atoms with E-state index in [9.17, 15) is 0 Å². The van der Waals surface area contributed by atoms with Crippen molar-refractivity contribution < 1.29 is 4.74 Å². The molecule has 4 nitrogen and oxygen atoms in total. The van der Waals surface area contributed by atoms with Crippen LogP contribution in [0, 0.1) is 6.92 Å². The molecule has 0 saturated heterocycles. The second-order valence-corrected chi connectivity index (χ2v) is 5.18. The van der Waals surface area contributed by atoms with Crippen LogP contribution in [0.1, 0.15) is 19.4 Å². The molecule has 0 fully saturated rings. The molecular formula is C13H17N3OS. The number of nitrogens with zero attached hydrogens (tertiary/aromatic N) is 2. The number of ether oxygens (including phenoxy) is 1. The maximum absolute atomic E-state index is 5.38. The van der Waals surface area contributed by atoms with Gasteiger partial charge < -0.3 is 10.1 Å². The summed E-state index contributed by atoms with van der Waals surface area (Å²) in [7, 11) is 1.66. The third-order valence-corrected chi connectivity index (χ3v) is 3.08. The van der Waals surface area contributed by atoms with Crippen molar-refractivity contribution in [3.63, 3.8) is 0 Å². The first-order valence-corrected chi connectivity index (χ1v) is 6.62. The lowest BCUT2D eigenvalue weighted by Crippen LogP contribution is -2.09. The molecule has 0 bridgehead atoms. The summed E-state index contributed by atoms with van der Waals surface area (Å²) in [6.45, 7) is 6.19. The zero-order valence-corrected chi connectivity index (χ0v) is 11.8. The molecule has 0 aliphatic carbocycles. The largest absolute Gasteiger partial charge is 0.496 e. The number of nitrogens with one attached hydrogen (secondary N) is 1. The fourth-order valence-corrected chi connectivity index (χ4v) is 2.35. The normalized spacial score (nSPS) is 10.7. The minimum absolute atomic E-state index is 0.353. The van der Waals surface area contributed by atoms with Gasteiger partial charge in [-0.25, -0.2) is 0 Å². The number of aromatic nitrogens is 2. The second kappa shape index (κ2) is 5.35. The Labute approximate surface area is 111 Å². The van der Waals surface area contributed by atoms with E-state index in [1.807, 2.05) is 25.1 Å². The van der Waals surface area contributed by atoms with Crippen molar-refractivity contribution in [3.8, 4) is 17.1 Å². The van der Waals surface area contributed by atoms with Crippen LogP contribution in [0.4, 0.5) is 5.13 Å². The lowest BCUT2D eigenvalue weighted by atomic mass is 10.1. The Morgan fingerprint density at radius 2 is 2.11 bits per heavy atom. The van der Waals surface area contributed by atoms with Crippen LogP contribution >= 0.6 is 11.5 Å². The predicted octanol–water partition coefficient (Wildman–Crippen LogP) is 3.34. The lowest BCUT2D eigenvalue weighted by Gasteiger charge is -2.06. The summed E-state index contributed by atoms with van der Waals surface area (Å²) < 4.78 is 9.74. The zero-order chi connectivity index (χ0) is 13.1. The highest BCUT2D eigenvalue weighted by Crippen LogP contribution is 2.30. The molecule has 0 radical (unpaired) electrons. The van der Waals surface area contributed by atoms with E-state index in [1.165, 1.54) is 11.5 Å². The van der Waals surface area contributed by atoms with Gasteiger partial charge in [-0.3, -0.25) is 0 Å². The van der Waals surface area contributed by atoms with Gasteiger partial charge in [-0.15, -0.1) is 0 Å². The molecule has 96 valence electrons. The number of hydrogen-bond donors (Lipinski definition) is 1. The maximum atomic E-state index is 5.38. The number of methoxy groups -OCH3 is 1. The molecule has 1 N–H and O–H groups in total. The van der Waals surface area contributed by atoms with Crippen molar-refractivity contribution in [3.05, 3.63) is 23.8 Å². The van der Waals surface area contributed by atoms with Crippen molar-refractivity contribution >= 4 is 16.7 Å². The fourth-order valence-electron chi connectivity index (χ4n) is 1.62. The highest BCUT2D eigenvalue weighted by molar-refractivity contribution is 7.09. The average Bonchev–Trinajstić information content (AvgIpc) is 2.76. The highest BCUT2D eigenvalue weighted by Gasteiger charge is 2.12. The van der Waals surface area contributed by atoms with E-state index in [2.05, 4.69) is 28.5 Å². The molecule has 0 unspecified atom stereocenters. The minimum Gasteiger partial charge on any atom is -0.496 e. The number of aryl methyl sites for hydroxylation is 1. The van der Waals surface area contributed by atoms with Crippen LogP contribution in [0.2, 0.25) is 0 Å². The Kier molecular flexibility index (Phi) is 3.81. The summed E-state index contributed by atoms with van der Waals surface area (Å²) in [6.07, 6.45) is 0. The molecule has 1 heterocycles. The maximum Gasteiger partial charge on any atom is 0.203 e. The number of hydrogen-bond acceptors (Lipinski definition) is 5. The average molecular weight is 263 g/mol. The van der Waals surface area contributed by atoms with Gasteiger partial charge >= 0.3 is 0 Å². The standard InChI is InChI=1S/C13H17N3OS/c1-8(2)14-13-15-12(16-18-13)10-6-5-9(3)7-11(10)17-4/h5-8H,1-4H3,(H,14,15,16). The van der Waals surface area contributed by atoms with E-state index < -0.39 is 0 Å². The van der Waals surface area contributed by atoms with E-state index in [-0.39, 0.29) is 0 Å². The molecule has 2 aromatic rings. The van der Waals surface area contributed by atoms with Gasteiger partial charge in [-0.2, -0.15) is 9.36 Å². The van der Waals surface area contributed by atoms with E-state index in [0.717, 1.165) is 22.0 Å². The Morgan fingerprint density at radius 1 is 1.33 bits per heavy atom. The molecule has 0 amide bonds. The summed E-state index contributed by atoms with van der Waals surface area (Å²) in [4.78, 5) is 4.48. The Morgan fingerprint density at radius 3 is 2.78 bits per heavy atom. The summed E-state index contributed by atoms with van der Waals surface area (Å²) >= 11 is 1.37. The van der Waals surface area contributed by atoms with Gasteiger partial charge in [0.25, 0.3) is 0 Å². The van der Waals surface area contributed by atoms with Crippen LogP contribution in [-0.2, 0) is 0 Å². The molecule has 2 rings (SSSR count). The third kappa shape index (κ3) is 2.79. The summed E-state index contributed by atoms with van der Waals surface area (Å²) in [5.41, 5.74) is 2.09. The predicted molar refractivity (Wildman–Crippen MR) is 75.4 cm³/mol. The van der Waals surface area contributed by atoms with Crippen molar-refractivity contribution in [1.29, 1.82) is 0 Å². The van der Waals surface area contributed by atoms with Crippen LogP contribution in [0.5, 0.6) is 5.75 Å². The first-order chi connectivity index (χ1) is 8.60. The highest BCUT2D eigenvalue weighted by atomic mass is 32.1. The van der Waals surface area contributed by atoms with Gasteiger partial charge in [0.1, 0.15) is 5.75 Å². The molecule has 0 aliphatic heterocycles. The minimum atomic E-state index is 0.353. The quantitative estimate of drug-likeness (QED) is 0.919. The monoisotopic (exact) mass is 263 g/mol. The van der Waals surface area contributed by atoms with Gasteiger partial charge in [0.05, 0.1) is 12.7 Å². The van der Waals surface area contributed by atoms with Crippen molar-refractivity contribution in [2.45, 2.75) is 26.8 Å². The number of benzene rings is 1. The lowest BCUT2D eigenvalue weighted by molar-refractivity contribution is 0.416. The topological polar surface area (TPSA) is 47.0 Å². The van der Waals surface area contributed by atoms with Crippen molar-refractivity contribution in [1.82, 2.24) is 9.36 Å². The van der Waals surface area contributed by atoms with Gasteiger partial charge in [-0.1, -0.05) is 6.07 Å². The summed E-state index contributed by atoms with van der Waals surface area (Å²) in [6, 6.07) is 6.38. The van der Waals surface area contributed by atoms with Crippen LogP contribution in [0.15, 0.2) is 18.2 Å². The van der Waals surface area contributed by atoms with Gasteiger partial charge in [0, 0.05) is 17.6 Å². The smallest absolute Gasteiger partial charge is 0.203 e. The van der Waals surface area contributed by atoms with E-state index in [0.29, 0.717) is 11.9 Å². The van der Waals surface area contributed by atoms with Crippen LogP contribution in [0.3, 0.4) is 0 Å². The van der Waals surface area contributed by atoms with Crippen LogP contribution in [-0.4, -0.2) is 22.5 Å². The van der Waals surface area contributed by atoms with Gasteiger partial charge in [0.15, 0.2) is 5.82 Å². The van der Waals surface area contributed by atoms with Gasteiger partial charge in [-0.05, 0) is 38.5 Å². The van der Waals surface area contributed by atoms with Crippen molar-refractivity contribution in [2.24, 2.45) is 0 Å². The molecule has 0 atom stereocenters. The molecule has 5 heteroatoms. The first kappa shape index (κ1) is 12.8. The molecule has 18 heavy (non-hydrogen) atoms.